The fourth-order valence-corrected chi connectivity index (χ4v) is 3.56. The minimum Gasteiger partial charge on any atom is -0.274 e. The zero-order valence-electron chi connectivity index (χ0n) is 13.0. The maximum atomic E-state index is 12.3. The second-order valence-electron chi connectivity index (χ2n) is 5.51. The highest BCUT2D eigenvalue weighted by Crippen LogP contribution is 2.23. The van der Waals surface area contributed by atoms with Gasteiger partial charge in [-0.2, -0.15) is 0 Å². The van der Waals surface area contributed by atoms with Crippen LogP contribution in [-0.4, -0.2) is 26.8 Å². The van der Waals surface area contributed by atoms with Crippen molar-refractivity contribution >= 4 is 21.8 Å². The van der Waals surface area contributed by atoms with E-state index in [9.17, 15) is 18.0 Å². The van der Waals surface area contributed by atoms with E-state index in [1.165, 1.54) is 12.5 Å². The van der Waals surface area contributed by atoms with E-state index in [1.54, 1.807) is 12.1 Å². The van der Waals surface area contributed by atoms with E-state index in [0.717, 1.165) is 31.2 Å². The van der Waals surface area contributed by atoms with Gasteiger partial charge in [-0.25, -0.2) is 13.1 Å². The van der Waals surface area contributed by atoms with E-state index in [-0.39, 0.29) is 17.9 Å². The summed E-state index contributed by atoms with van der Waals surface area (Å²) >= 11 is 0. The largest absolute Gasteiger partial charge is 0.274 e. The quantitative estimate of drug-likeness (QED) is 0.676. The van der Waals surface area contributed by atoms with Crippen LogP contribution in [0.1, 0.15) is 37.3 Å². The number of sulfonamides is 1. The number of carbonyl (C=O) groups is 2. The molecule has 7 nitrogen and oxygen atoms in total. The summed E-state index contributed by atoms with van der Waals surface area (Å²) in [6.07, 6.45) is 4.04. The van der Waals surface area contributed by atoms with Gasteiger partial charge in [-0.3, -0.25) is 20.4 Å². The molecule has 0 radical (unpaired) electrons. The predicted molar refractivity (Wildman–Crippen MR) is 84.8 cm³/mol. The first kappa shape index (κ1) is 17.4. The Labute approximate surface area is 135 Å². The first-order chi connectivity index (χ1) is 10.9. The summed E-state index contributed by atoms with van der Waals surface area (Å²) in [6, 6.07) is 5.19. The number of aryl methyl sites for hydroxylation is 2. The van der Waals surface area contributed by atoms with Crippen LogP contribution in [0.3, 0.4) is 0 Å². The number of nitrogens with one attached hydrogen (secondary N) is 3. The number of fused-ring (bicyclic) bond motifs is 1. The van der Waals surface area contributed by atoms with Gasteiger partial charge in [-0.05, 0) is 48.9 Å². The lowest BCUT2D eigenvalue weighted by molar-refractivity contribution is -0.127. The van der Waals surface area contributed by atoms with Crippen LogP contribution in [-0.2, 0) is 32.5 Å². The molecule has 2 rings (SSSR count). The molecule has 0 unspecified atom stereocenters. The number of rotatable bonds is 5. The molecule has 0 bridgehead atoms. The Morgan fingerprint density at radius 2 is 1.78 bits per heavy atom. The van der Waals surface area contributed by atoms with Crippen molar-refractivity contribution < 1.29 is 18.0 Å². The molecule has 1 aromatic rings. The highest BCUT2D eigenvalue weighted by molar-refractivity contribution is 7.89. The van der Waals surface area contributed by atoms with Crippen LogP contribution in [0.5, 0.6) is 0 Å². The van der Waals surface area contributed by atoms with Gasteiger partial charge < -0.3 is 0 Å². The molecule has 1 aliphatic rings. The maximum Gasteiger partial charge on any atom is 0.240 e. The summed E-state index contributed by atoms with van der Waals surface area (Å²) in [7, 11) is -3.64. The molecule has 0 saturated heterocycles. The van der Waals surface area contributed by atoms with Crippen molar-refractivity contribution in [2.45, 2.75) is 43.9 Å². The zero-order valence-corrected chi connectivity index (χ0v) is 13.8. The molecule has 126 valence electrons. The molecule has 0 aromatic heterocycles. The number of hydrogen-bond acceptors (Lipinski definition) is 4. The predicted octanol–water partition coefficient (Wildman–Crippen LogP) is 0.401. The summed E-state index contributed by atoms with van der Waals surface area (Å²) < 4.78 is 26.9. The second-order valence-corrected chi connectivity index (χ2v) is 7.28. The fourth-order valence-electron chi connectivity index (χ4n) is 2.48. The lowest BCUT2D eigenvalue weighted by Gasteiger charge is -2.16. The average molecular weight is 339 g/mol. The summed E-state index contributed by atoms with van der Waals surface area (Å²) in [4.78, 5) is 22.3. The third kappa shape index (κ3) is 5.04. The van der Waals surface area contributed by atoms with Crippen molar-refractivity contribution in [3.05, 3.63) is 29.3 Å². The molecule has 1 aliphatic carbocycles. The maximum absolute atomic E-state index is 12.3. The molecule has 8 heteroatoms. The van der Waals surface area contributed by atoms with Crippen LogP contribution >= 0.6 is 0 Å². The normalized spacial score (nSPS) is 14.0. The Bertz CT molecular complexity index is 701. The van der Waals surface area contributed by atoms with E-state index in [4.69, 9.17) is 0 Å². The lowest BCUT2D eigenvalue weighted by atomic mass is 9.92. The van der Waals surface area contributed by atoms with Gasteiger partial charge in [0.25, 0.3) is 0 Å². The van der Waals surface area contributed by atoms with Gasteiger partial charge in [0.1, 0.15) is 0 Å². The Morgan fingerprint density at radius 1 is 1.09 bits per heavy atom. The minimum absolute atomic E-state index is 0.0369. The molecular weight excluding hydrogens is 318 g/mol. The van der Waals surface area contributed by atoms with E-state index in [1.807, 2.05) is 6.07 Å². The fraction of sp³-hybridized carbons (Fsp3) is 0.467. The molecule has 3 N–H and O–H groups in total. The van der Waals surface area contributed by atoms with Crippen molar-refractivity contribution in [2.24, 2.45) is 0 Å². The van der Waals surface area contributed by atoms with E-state index < -0.39 is 21.8 Å². The topological polar surface area (TPSA) is 104 Å². The summed E-state index contributed by atoms with van der Waals surface area (Å²) in [5.74, 6) is -0.860. The van der Waals surface area contributed by atoms with E-state index in [2.05, 4.69) is 15.6 Å². The minimum atomic E-state index is -3.64. The number of hydrogen-bond donors (Lipinski definition) is 3. The van der Waals surface area contributed by atoms with Gasteiger partial charge in [0.05, 0.1) is 4.90 Å². The average Bonchev–Trinajstić information content (AvgIpc) is 2.52. The number of hydrazine groups is 1. The molecule has 23 heavy (non-hydrogen) atoms. The van der Waals surface area contributed by atoms with Gasteiger partial charge in [-0.15, -0.1) is 0 Å². The second kappa shape index (κ2) is 7.56. The molecule has 0 fully saturated rings. The van der Waals surface area contributed by atoms with Crippen molar-refractivity contribution in [1.82, 2.24) is 15.6 Å². The number of amides is 2. The standard InChI is InChI=1S/C15H21N3O4S/c1-11(19)17-18-15(20)8-9-16-23(21,22)14-7-6-12-4-2-3-5-13(12)10-14/h6-7,10,16H,2-5,8-9H2,1H3,(H,17,19)(H,18,20). The van der Waals surface area contributed by atoms with Gasteiger partial charge in [-0.1, -0.05) is 6.07 Å². The van der Waals surface area contributed by atoms with Crippen molar-refractivity contribution in [3.63, 3.8) is 0 Å². The Hall–Kier alpha value is -1.93. The third-order valence-corrected chi connectivity index (χ3v) is 5.11. The monoisotopic (exact) mass is 339 g/mol. The molecule has 0 aliphatic heterocycles. The number of benzene rings is 1. The van der Waals surface area contributed by atoms with Crippen LogP contribution in [0.25, 0.3) is 0 Å². The van der Waals surface area contributed by atoms with Crippen LogP contribution in [0.4, 0.5) is 0 Å². The third-order valence-electron chi connectivity index (χ3n) is 3.65. The number of carbonyl (C=O) groups excluding carboxylic acids is 2. The lowest BCUT2D eigenvalue weighted by Crippen LogP contribution is -2.41. The zero-order chi connectivity index (χ0) is 16.9. The molecular formula is C15H21N3O4S. The van der Waals surface area contributed by atoms with Crippen molar-refractivity contribution in [3.8, 4) is 0 Å². The molecule has 0 atom stereocenters. The smallest absolute Gasteiger partial charge is 0.240 e. The summed E-state index contributed by atoms with van der Waals surface area (Å²) in [5.41, 5.74) is 6.62. The first-order valence-electron chi connectivity index (χ1n) is 7.55. The van der Waals surface area contributed by atoms with Gasteiger partial charge in [0.15, 0.2) is 0 Å². The SMILES string of the molecule is CC(=O)NNC(=O)CCNS(=O)(=O)c1ccc2c(c1)CCCC2. The molecule has 0 saturated carbocycles. The van der Waals surface area contributed by atoms with Crippen molar-refractivity contribution in [2.75, 3.05) is 6.54 Å². The molecule has 0 heterocycles. The van der Waals surface area contributed by atoms with Crippen LogP contribution in [0.15, 0.2) is 23.1 Å². The molecule has 0 spiro atoms. The molecule has 2 amide bonds. The molecule has 1 aromatic carbocycles. The van der Waals surface area contributed by atoms with Crippen LogP contribution in [0, 0.1) is 0 Å². The van der Waals surface area contributed by atoms with Crippen LogP contribution < -0.4 is 15.6 Å². The Morgan fingerprint density at radius 3 is 2.48 bits per heavy atom. The van der Waals surface area contributed by atoms with Crippen molar-refractivity contribution in [1.29, 1.82) is 0 Å². The summed E-state index contributed by atoms with van der Waals surface area (Å²) in [6.45, 7) is 1.23. The highest BCUT2D eigenvalue weighted by atomic mass is 32.2. The van der Waals surface area contributed by atoms with Gasteiger partial charge in [0.2, 0.25) is 21.8 Å². The van der Waals surface area contributed by atoms with Gasteiger partial charge >= 0.3 is 0 Å². The van der Waals surface area contributed by atoms with Gasteiger partial charge in [0, 0.05) is 19.9 Å². The highest BCUT2D eigenvalue weighted by Gasteiger charge is 2.17. The Kier molecular flexibility index (Phi) is 5.73. The van der Waals surface area contributed by atoms with E-state index in [0.29, 0.717) is 0 Å². The first-order valence-corrected chi connectivity index (χ1v) is 9.04. The summed E-state index contributed by atoms with van der Waals surface area (Å²) in [5, 5.41) is 0. The van der Waals surface area contributed by atoms with E-state index >= 15 is 0 Å². The Balaban J connectivity index is 1.91. The van der Waals surface area contributed by atoms with Crippen LogP contribution in [0.2, 0.25) is 0 Å².